The van der Waals surface area contributed by atoms with E-state index < -0.39 is 10.0 Å². The summed E-state index contributed by atoms with van der Waals surface area (Å²) in [5.41, 5.74) is 1.34. The fraction of sp³-hybridized carbons (Fsp3) is 0.214. The van der Waals surface area contributed by atoms with Crippen molar-refractivity contribution in [1.82, 2.24) is 4.72 Å². The number of rotatable bonds is 6. The summed E-state index contributed by atoms with van der Waals surface area (Å²) in [6.45, 7) is 6.79. The first-order valence-electron chi connectivity index (χ1n) is 5.76. The van der Waals surface area contributed by atoms with Crippen molar-refractivity contribution in [2.45, 2.75) is 25.2 Å². The normalized spacial score (nSPS) is 12.0. The van der Waals surface area contributed by atoms with Gasteiger partial charge >= 0.3 is 0 Å². The minimum atomic E-state index is -3.64. The zero-order valence-corrected chi connectivity index (χ0v) is 11.8. The summed E-state index contributed by atoms with van der Waals surface area (Å²) >= 11 is 0. The molecule has 1 rings (SSSR count). The Morgan fingerprint density at radius 2 is 1.89 bits per heavy atom. The molecule has 0 fully saturated rings. The number of allylic oxidation sites excluding steroid dienone is 2. The van der Waals surface area contributed by atoms with Crippen LogP contribution in [0.5, 0.6) is 0 Å². The maximum absolute atomic E-state index is 12.0. The van der Waals surface area contributed by atoms with Gasteiger partial charge in [-0.25, -0.2) is 8.42 Å². The van der Waals surface area contributed by atoms with Crippen molar-refractivity contribution in [2.75, 3.05) is 0 Å². The van der Waals surface area contributed by atoms with Gasteiger partial charge in [0.1, 0.15) is 0 Å². The molecule has 19 heavy (non-hydrogen) atoms. The van der Waals surface area contributed by atoms with Gasteiger partial charge in [-0.3, -0.25) is 9.52 Å². The highest BCUT2D eigenvalue weighted by atomic mass is 32.2. The number of hydrogen-bond donors (Lipinski definition) is 1. The molecular formula is C14H17NO3S. The van der Waals surface area contributed by atoms with Crippen molar-refractivity contribution in [3.63, 3.8) is 0 Å². The van der Waals surface area contributed by atoms with Crippen molar-refractivity contribution in [3.8, 4) is 0 Å². The highest BCUT2D eigenvalue weighted by Gasteiger charge is 2.12. The predicted octanol–water partition coefficient (Wildman–Crippen LogP) is 2.32. The predicted molar refractivity (Wildman–Crippen MR) is 75.1 cm³/mol. The minimum Gasteiger partial charge on any atom is -0.295 e. The molecule has 0 aliphatic carbocycles. The number of hydrogen-bond acceptors (Lipinski definition) is 3. The lowest BCUT2D eigenvalue weighted by Gasteiger charge is -2.06. The Bertz CT molecular complexity index is 598. The highest BCUT2D eigenvalue weighted by molar-refractivity contribution is 7.89. The number of carbonyl (C=O) groups excluding carboxylic acids is 1. The van der Waals surface area contributed by atoms with Gasteiger partial charge in [-0.15, -0.1) is 6.58 Å². The topological polar surface area (TPSA) is 63.2 Å². The molecule has 0 heterocycles. The van der Waals surface area contributed by atoms with Gasteiger partial charge in [0.2, 0.25) is 0 Å². The third kappa shape index (κ3) is 4.37. The van der Waals surface area contributed by atoms with E-state index in [2.05, 4.69) is 11.3 Å². The fourth-order valence-electron chi connectivity index (χ4n) is 1.39. The molecule has 0 aliphatic heterocycles. The molecule has 0 saturated heterocycles. The quantitative estimate of drug-likeness (QED) is 0.642. The van der Waals surface area contributed by atoms with E-state index in [1.54, 1.807) is 18.2 Å². The van der Waals surface area contributed by atoms with Crippen LogP contribution >= 0.6 is 0 Å². The number of sulfonamides is 1. The van der Waals surface area contributed by atoms with Crippen molar-refractivity contribution in [3.05, 3.63) is 54.3 Å². The van der Waals surface area contributed by atoms with E-state index in [1.807, 2.05) is 6.92 Å². The number of carbonyl (C=O) groups is 1. The second-order valence-corrected chi connectivity index (χ2v) is 5.87. The average molecular weight is 279 g/mol. The molecule has 1 aromatic carbocycles. The number of ketones is 1. The Labute approximate surface area is 113 Å². The van der Waals surface area contributed by atoms with Crippen LogP contribution in [0.15, 0.2) is 53.6 Å². The molecule has 0 aromatic heterocycles. The van der Waals surface area contributed by atoms with Gasteiger partial charge < -0.3 is 0 Å². The SMILES string of the molecule is C=CC/C(=C/NS(=O)(=O)c1ccc(C)cc1)C(C)=O. The maximum atomic E-state index is 12.0. The second-order valence-electron chi connectivity index (χ2n) is 4.15. The minimum absolute atomic E-state index is 0.163. The van der Waals surface area contributed by atoms with Gasteiger partial charge in [0.05, 0.1) is 4.90 Å². The lowest BCUT2D eigenvalue weighted by Crippen LogP contribution is -2.19. The first-order chi connectivity index (χ1) is 8.86. The lowest BCUT2D eigenvalue weighted by molar-refractivity contribution is -0.113. The van der Waals surface area contributed by atoms with Gasteiger partial charge in [0, 0.05) is 11.8 Å². The molecule has 0 unspecified atom stereocenters. The van der Waals surface area contributed by atoms with E-state index in [9.17, 15) is 13.2 Å². The van der Waals surface area contributed by atoms with E-state index in [0.717, 1.165) is 5.56 Å². The van der Waals surface area contributed by atoms with Crippen LogP contribution in [0.4, 0.5) is 0 Å². The Balaban J connectivity index is 2.96. The molecule has 0 bridgehead atoms. The summed E-state index contributed by atoms with van der Waals surface area (Å²) in [4.78, 5) is 11.4. The molecule has 0 aliphatic rings. The molecule has 1 aromatic rings. The average Bonchev–Trinajstić information content (AvgIpc) is 2.34. The van der Waals surface area contributed by atoms with Crippen molar-refractivity contribution in [2.24, 2.45) is 0 Å². The second kappa shape index (κ2) is 6.33. The van der Waals surface area contributed by atoms with Gasteiger partial charge in [-0.05, 0) is 32.4 Å². The van der Waals surface area contributed by atoms with Crippen LogP contribution in [-0.2, 0) is 14.8 Å². The number of nitrogens with one attached hydrogen (secondary N) is 1. The van der Waals surface area contributed by atoms with Gasteiger partial charge in [-0.2, -0.15) is 0 Å². The van der Waals surface area contributed by atoms with E-state index in [-0.39, 0.29) is 10.7 Å². The van der Waals surface area contributed by atoms with Crippen molar-refractivity contribution in [1.29, 1.82) is 0 Å². The number of Topliss-reactive ketones (excluding diaryl/α,β-unsaturated/α-hetero) is 1. The Morgan fingerprint density at radius 1 is 1.32 bits per heavy atom. The van der Waals surface area contributed by atoms with Gasteiger partial charge in [-0.1, -0.05) is 23.8 Å². The summed E-state index contributed by atoms with van der Waals surface area (Å²) in [6, 6.07) is 6.47. The number of aryl methyl sites for hydroxylation is 1. The molecule has 0 amide bonds. The number of benzene rings is 1. The summed E-state index contributed by atoms with van der Waals surface area (Å²) < 4.78 is 26.3. The van der Waals surface area contributed by atoms with E-state index in [4.69, 9.17) is 0 Å². The third-order valence-electron chi connectivity index (χ3n) is 2.54. The van der Waals surface area contributed by atoms with E-state index in [1.165, 1.54) is 25.3 Å². The molecular weight excluding hydrogens is 262 g/mol. The molecule has 0 spiro atoms. The molecule has 5 heteroatoms. The smallest absolute Gasteiger partial charge is 0.261 e. The van der Waals surface area contributed by atoms with Gasteiger partial charge in [0.15, 0.2) is 5.78 Å². The van der Waals surface area contributed by atoms with E-state index in [0.29, 0.717) is 12.0 Å². The van der Waals surface area contributed by atoms with Crippen LogP contribution in [0.3, 0.4) is 0 Å². The molecule has 0 saturated carbocycles. The van der Waals surface area contributed by atoms with Crippen molar-refractivity contribution >= 4 is 15.8 Å². The third-order valence-corrected chi connectivity index (χ3v) is 3.86. The molecule has 1 N–H and O–H groups in total. The summed E-state index contributed by atoms with van der Waals surface area (Å²) in [6.07, 6.45) is 3.10. The van der Waals surface area contributed by atoms with Crippen LogP contribution in [0, 0.1) is 6.92 Å². The summed E-state index contributed by atoms with van der Waals surface area (Å²) in [5, 5.41) is 0. The Kier molecular flexibility index (Phi) is 5.06. The first-order valence-corrected chi connectivity index (χ1v) is 7.25. The zero-order chi connectivity index (χ0) is 14.5. The molecule has 102 valence electrons. The standard InChI is InChI=1S/C14H17NO3S/c1-4-5-13(12(3)16)10-15-19(17,18)14-8-6-11(2)7-9-14/h4,6-10,15H,1,5H2,2-3H3/b13-10-. The van der Waals surface area contributed by atoms with Crippen LogP contribution in [0.25, 0.3) is 0 Å². The zero-order valence-electron chi connectivity index (χ0n) is 11.0. The van der Waals surface area contributed by atoms with Crippen LogP contribution < -0.4 is 4.72 Å². The maximum Gasteiger partial charge on any atom is 0.261 e. The Morgan fingerprint density at radius 3 is 2.37 bits per heavy atom. The fourth-order valence-corrected chi connectivity index (χ4v) is 2.32. The summed E-state index contributed by atoms with van der Waals surface area (Å²) in [7, 11) is -3.64. The van der Waals surface area contributed by atoms with Crippen molar-refractivity contribution < 1.29 is 13.2 Å². The first kappa shape index (κ1) is 15.2. The van der Waals surface area contributed by atoms with E-state index >= 15 is 0 Å². The van der Waals surface area contributed by atoms with Gasteiger partial charge in [0.25, 0.3) is 10.0 Å². The Hall–Kier alpha value is -1.88. The largest absolute Gasteiger partial charge is 0.295 e. The van der Waals surface area contributed by atoms with Crippen LogP contribution in [0.2, 0.25) is 0 Å². The highest BCUT2D eigenvalue weighted by Crippen LogP contribution is 2.11. The summed E-state index contributed by atoms with van der Waals surface area (Å²) in [5.74, 6) is -0.188. The monoisotopic (exact) mass is 279 g/mol. The van der Waals surface area contributed by atoms with Crippen LogP contribution in [0.1, 0.15) is 18.9 Å². The molecule has 4 nitrogen and oxygen atoms in total. The molecule has 0 atom stereocenters. The lowest BCUT2D eigenvalue weighted by atomic mass is 10.1. The molecule has 0 radical (unpaired) electrons. The van der Waals surface area contributed by atoms with Crippen LogP contribution in [-0.4, -0.2) is 14.2 Å².